The molecule has 0 fully saturated rings. The lowest BCUT2D eigenvalue weighted by atomic mass is 10.0. The van der Waals surface area contributed by atoms with E-state index < -0.39 is 17.2 Å². The molecule has 0 aliphatic rings. The Labute approximate surface area is 188 Å². The summed E-state index contributed by atoms with van der Waals surface area (Å²) in [6.45, 7) is 4.17. The van der Waals surface area contributed by atoms with Crippen molar-refractivity contribution in [2.45, 2.75) is 19.8 Å². The molecule has 3 aromatic carbocycles. The first-order chi connectivity index (χ1) is 15.9. The van der Waals surface area contributed by atoms with Gasteiger partial charge in [-0.3, -0.25) is 9.36 Å². The second kappa shape index (κ2) is 8.09. The second-order valence-electron chi connectivity index (χ2n) is 8.13. The molecule has 0 bridgehead atoms. The van der Waals surface area contributed by atoms with E-state index in [9.17, 15) is 13.6 Å². The summed E-state index contributed by atoms with van der Waals surface area (Å²) in [5, 5.41) is 4.73. The standard InChI is InChI=1S/C26H20F2N4O/c1-16(2)17-8-10-18(11-9-17)25-29-24-23(15-31(30-24)21-6-4-3-5-7-21)26(33)32(25)22-13-19(27)12-20(28)14-22/h3-16H,1-2H3. The molecule has 0 aliphatic carbocycles. The van der Waals surface area contributed by atoms with E-state index in [0.29, 0.717) is 11.5 Å². The molecule has 5 rings (SSSR count). The number of hydrogen-bond acceptors (Lipinski definition) is 3. The molecule has 0 amide bonds. The highest BCUT2D eigenvalue weighted by molar-refractivity contribution is 5.77. The lowest BCUT2D eigenvalue weighted by Crippen LogP contribution is -2.22. The predicted octanol–water partition coefficient (Wildman–Crippen LogP) is 5.64. The van der Waals surface area contributed by atoms with E-state index in [1.54, 1.807) is 10.9 Å². The molecule has 0 radical (unpaired) electrons. The van der Waals surface area contributed by atoms with Gasteiger partial charge in [0.1, 0.15) is 22.8 Å². The van der Waals surface area contributed by atoms with Crippen molar-refractivity contribution < 1.29 is 8.78 Å². The number of nitrogens with zero attached hydrogens (tertiary/aromatic N) is 4. The largest absolute Gasteiger partial charge is 0.269 e. The molecule has 2 heterocycles. The van der Waals surface area contributed by atoms with Crippen molar-refractivity contribution in [3.05, 3.63) is 107 Å². The van der Waals surface area contributed by atoms with Crippen molar-refractivity contribution in [1.29, 1.82) is 0 Å². The van der Waals surface area contributed by atoms with Crippen molar-refractivity contribution in [3.8, 4) is 22.8 Å². The quantitative estimate of drug-likeness (QED) is 0.362. The van der Waals surface area contributed by atoms with E-state index in [0.717, 1.165) is 29.4 Å². The SMILES string of the molecule is CC(C)c1ccc(-c2nc3nn(-c4ccccc4)cc3c(=O)n2-c2cc(F)cc(F)c2)cc1. The van der Waals surface area contributed by atoms with Crippen LogP contribution in [0.1, 0.15) is 25.3 Å². The minimum absolute atomic E-state index is 0.0577. The van der Waals surface area contributed by atoms with Gasteiger partial charge in [-0.05, 0) is 35.7 Å². The molecule has 5 aromatic rings. The molecule has 0 aliphatic heterocycles. The Morgan fingerprint density at radius 1 is 0.848 bits per heavy atom. The molecule has 0 N–H and O–H groups in total. The number of para-hydroxylation sites is 1. The zero-order valence-corrected chi connectivity index (χ0v) is 18.0. The summed E-state index contributed by atoms with van der Waals surface area (Å²) >= 11 is 0. The van der Waals surface area contributed by atoms with E-state index in [4.69, 9.17) is 0 Å². The Hall–Kier alpha value is -4.13. The van der Waals surface area contributed by atoms with Gasteiger partial charge < -0.3 is 0 Å². The number of halogens is 2. The van der Waals surface area contributed by atoms with E-state index >= 15 is 0 Å². The lowest BCUT2D eigenvalue weighted by Gasteiger charge is -2.13. The maximum Gasteiger partial charge on any atom is 0.269 e. The fourth-order valence-corrected chi connectivity index (χ4v) is 3.80. The van der Waals surface area contributed by atoms with Crippen LogP contribution in [0.15, 0.2) is 83.8 Å². The fraction of sp³-hybridized carbons (Fsp3) is 0.115. The van der Waals surface area contributed by atoms with Crippen molar-refractivity contribution in [3.63, 3.8) is 0 Å². The molecule has 0 spiro atoms. The Morgan fingerprint density at radius 3 is 2.15 bits per heavy atom. The summed E-state index contributed by atoms with van der Waals surface area (Å²) < 4.78 is 30.9. The third kappa shape index (κ3) is 3.82. The number of hydrogen-bond donors (Lipinski definition) is 0. The normalized spacial score (nSPS) is 11.4. The van der Waals surface area contributed by atoms with Crippen molar-refractivity contribution in [2.75, 3.05) is 0 Å². The van der Waals surface area contributed by atoms with Gasteiger partial charge in [-0.2, -0.15) is 0 Å². The van der Waals surface area contributed by atoms with E-state index in [1.165, 1.54) is 4.57 Å². The number of benzene rings is 3. The van der Waals surface area contributed by atoms with Crippen molar-refractivity contribution in [1.82, 2.24) is 19.3 Å². The van der Waals surface area contributed by atoms with E-state index in [-0.39, 0.29) is 22.5 Å². The molecule has 7 heteroatoms. The molecular formula is C26H20F2N4O. The summed E-state index contributed by atoms with van der Waals surface area (Å²) in [5.74, 6) is -0.974. The highest BCUT2D eigenvalue weighted by Crippen LogP contribution is 2.25. The van der Waals surface area contributed by atoms with Crippen LogP contribution < -0.4 is 5.56 Å². The average molecular weight is 442 g/mol. The summed E-state index contributed by atoms with van der Waals surface area (Å²) in [4.78, 5) is 18.2. The van der Waals surface area contributed by atoms with Gasteiger partial charge in [-0.25, -0.2) is 18.4 Å². The fourth-order valence-electron chi connectivity index (χ4n) is 3.80. The predicted molar refractivity (Wildman–Crippen MR) is 124 cm³/mol. The highest BCUT2D eigenvalue weighted by Gasteiger charge is 2.19. The molecule has 0 saturated heterocycles. The maximum absolute atomic E-state index is 14.1. The zero-order chi connectivity index (χ0) is 23.1. The third-order valence-electron chi connectivity index (χ3n) is 5.51. The van der Waals surface area contributed by atoms with Crippen LogP contribution in [-0.4, -0.2) is 19.3 Å². The molecule has 0 unspecified atom stereocenters. The monoisotopic (exact) mass is 442 g/mol. The third-order valence-corrected chi connectivity index (χ3v) is 5.51. The molecule has 33 heavy (non-hydrogen) atoms. The summed E-state index contributed by atoms with van der Waals surface area (Å²) in [6, 6.07) is 19.9. The van der Waals surface area contributed by atoms with Crippen LogP contribution in [0.3, 0.4) is 0 Å². The molecule has 164 valence electrons. The molecular weight excluding hydrogens is 422 g/mol. The average Bonchev–Trinajstić information content (AvgIpc) is 3.24. The Morgan fingerprint density at radius 2 is 1.52 bits per heavy atom. The number of aromatic nitrogens is 4. The lowest BCUT2D eigenvalue weighted by molar-refractivity contribution is 0.581. The molecule has 0 atom stereocenters. The van der Waals surface area contributed by atoms with Gasteiger partial charge in [0.15, 0.2) is 5.65 Å². The van der Waals surface area contributed by atoms with Crippen molar-refractivity contribution >= 4 is 11.0 Å². The Bertz CT molecular complexity index is 1500. The van der Waals surface area contributed by atoms with Gasteiger partial charge >= 0.3 is 0 Å². The number of rotatable bonds is 4. The second-order valence-corrected chi connectivity index (χ2v) is 8.13. The molecule has 0 saturated carbocycles. The minimum atomic E-state index is -0.780. The highest BCUT2D eigenvalue weighted by atomic mass is 19.1. The van der Waals surface area contributed by atoms with Crippen LogP contribution in [-0.2, 0) is 0 Å². The van der Waals surface area contributed by atoms with Crippen LogP contribution in [0.2, 0.25) is 0 Å². The maximum atomic E-state index is 14.1. The topological polar surface area (TPSA) is 52.7 Å². The van der Waals surface area contributed by atoms with Gasteiger partial charge in [-0.1, -0.05) is 56.3 Å². The number of fused-ring (bicyclic) bond motifs is 1. The van der Waals surface area contributed by atoms with E-state index in [2.05, 4.69) is 23.9 Å². The Kier molecular flexibility index (Phi) is 5.09. The summed E-state index contributed by atoms with van der Waals surface area (Å²) in [6.07, 6.45) is 1.58. The first kappa shape index (κ1) is 20.8. The van der Waals surface area contributed by atoms with Crippen LogP contribution in [0.5, 0.6) is 0 Å². The van der Waals surface area contributed by atoms with Gasteiger partial charge in [0.25, 0.3) is 5.56 Å². The molecule has 2 aromatic heterocycles. The first-order valence-electron chi connectivity index (χ1n) is 10.6. The summed E-state index contributed by atoms with van der Waals surface area (Å²) in [5.41, 5.74) is 2.37. The zero-order valence-electron chi connectivity index (χ0n) is 18.0. The van der Waals surface area contributed by atoms with Crippen LogP contribution in [0, 0.1) is 11.6 Å². The van der Waals surface area contributed by atoms with Gasteiger partial charge in [0, 0.05) is 17.8 Å². The summed E-state index contributed by atoms with van der Waals surface area (Å²) in [7, 11) is 0. The van der Waals surface area contributed by atoms with Gasteiger partial charge in [0.05, 0.1) is 11.4 Å². The van der Waals surface area contributed by atoms with Gasteiger partial charge in [0.2, 0.25) is 0 Å². The van der Waals surface area contributed by atoms with Crippen molar-refractivity contribution in [2.24, 2.45) is 0 Å². The minimum Gasteiger partial charge on any atom is -0.268 e. The first-order valence-corrected chi connectivity index (χ1v) is 10.6. The molecule has 5 nitrogen and oxygen atoms in total. The van der Waals surface area contributed by atoms with E-state index in [1.807, 2.05) is 54.6 Å². The van der Waals surface area contributed by atoms with Crippen LogP contribution in [0.4, 0.5) is 8.78 Å². The Balaban J connectivity index is 1.80. The van der Waals surface area contributed by atoms with Gasteiger partial charge in [-0.15, -0.1) is 5.10 Å². The smallest absolute Gasteiger partial charge is 0.268 e. The van der Waals surface area contributed by atoms with Crippen LogP contribution >= 0.6 is 0 Å². The van der Waals surface area contributed by atoms with Crippen LogP contribution in [0.25, 0.3) is 33.8 Å².